The van der Waals surface area contributed by atoms with Gasteiger partial charge in [-0.3, -0.25) is 0 Å². The van der Waals surface area contributed by atoms with E-state index in [1.54, 1.807) is 19.2 Å². The lowest BCUT2D eigenvalue weighted by Gasteiger charge is -2.11. The zero-order valence-electron chi connectivity index (χ0n) is 11.8. The van der Waals surface area contributed by atoms with Crippen LogP contribution in [0.25, 0.3) is 10.8 Å². The predicted molar refractivity (Wildman–Crippen MR) is 76.2 cm³/mol. The Hall–Kier alpha value is -2.78. The second-order valence-corrected chi connectivity index (χ2v) is 4.73. The zero-order valence-corrected chi connectivity index (χ0v) is 11.8. The number of epoxide rings is 1. The number of ether oxygens (including phenoxy) is 4. The van der Waals surface area contributed by atoms with Crippen molar-refractivity contribution in [1.82, 2.24) is 0 Å². The molecule has 2 aromatic rings. The van der Waals surface area contributed by atoms with E-state index in [0.717, 1.165) is 16.5 Å². The van der Waals surface area contributed by atoms with Crippen molar-refractivity contribution in [2.24, 2.45) is 0 Å². The van der Waals surface area contributed by atoms with E-state index < -0.39 is 18.5 Å². The van der Waals surface area contributed by atoms with Crippen LogP contribution in [0.1, 0.15) is 11.7 Å². The number of carbonyl (C=O) groups excluding carboxylic acids is 1. The lowest BCUT2D eigenvalue weighted by molar-refractivity contribution is 0.0102. The lowest BCUT2D eigenvalue weighted by Crippen LogP contribution is -2.13. The zero-order chi connectivity index (χ0) is 15.5. The summed E-state index contributed by atoms with van der Waals surface area (Å²) in [6.45, 7) is 0.365. The van der Waals surface area contributed by atoms with E-state index in [0.29, 0.717) is 12.2 Å². The number of nitrogens with zero attached hydrogens (tertiary/aromatic N) is 1. The highest BCUT2D eigenvalue weighted by Gasteiger charge is 2.29. The van der Waals surface area contributed by atoms with E-state index in [1.165, 1.54) is 0 Å². The molecular weight excluding hydrogens is 286 g/mol. The fourth-order valence-corrected chi connectivity index (χ4v) is 2.04. The molecule has 112 valence electrons. The van der Waals surface area contributed by atoms with E-state index in [1.807, 2.05) is 30.3 Å². The third-order valence-corrected chi connectivity index (χ3v) is 3.24. The van der Waals surface area contributed by atoms with Crippen molar-refractivity contribution in [2.75, 3.05) is 13.7 Å². The molecule has 1 fully saturated rings. The molecule has 3 rings (SSSR count). The molecule has 6 nitrogen and oxygen atoms in total. The van der Waals surface area contributed by atoms with Crippen LogP contribution in [0.3, 0.4) is 0 Å². The van der Waals surface area contributed by atoms with Gasteiger partial charge in [0.15, 0.2) is 0 Å². The molecule has 0 N–H and O–H groups in total. The lowest BCUT2D eigenvalue weighted by atomic mass is 10.0. The number of hydrogen-bond acceptors (Lipinski definition) is 6. The largest absolute Gasteiger partial charge is 0.512 e. The average Bonchev–Trinajstić information content (AvgIpc) is 3.35. The molecule has 0 amide bonds. The number of carbonyl (C=O) groups is 1. The predicted octanol–water partition coefficient (Wildman–Crippen LogP) is 2.92. The van der Waals surface area contributed by atoms with Crippen LogP contribution in [-0.4, -0.2) is 26.2 Å². The summed E-state index contributed by atoms with van der Waals surface area (Å²) in [5.41, 5.74) is 0.578. The highest BCUT2D eigenvalue weighted by atomic mass is 16.8. The molecule has 0 saturated carbocycles. The van der Waals surface area contributed by atoms with E-state index in [4.69, 9.17) is 18.9 Å². The molecule has 2 atom stereocenters. The molecule has 6 heteroatoms. The summed E-state index contributed by atoms with van der Waals surface area (Å²) in [6.07, 6.45) is -2.49. The number of fused-ring (bicyclic) bond motifs is 1. The van der Waals surface area contributed by atoms with Crippen LogP contribution in [-0.2, 0) is 14.2 Å². The van der Waals surface area contributed by atoms with Crippen molar-refractivity contribution in [1.29, 1.82) is 5.26 Å². The molecule has 2 aromatic carbocycles. The normalized spacial score (nSPS) is 17.4. The SMILES string of the molecule is COc1ccc2cc(C(C#N)OC(=O)OC3CO3)ccc2c1. The molecule has 1 aliphatic heterocycles. The van der Waals surface area contributed by atoms with Crippen LogP contribution in [0.15, 0.2) is 36.4 Å². The summed E-state index contributed by atoms with van der Waals surface area (Å²) in [7, 11) is 1.60. The summed E-state index contributed by atoms with van der Waals surface area (Å²) in [5.74, 6) is 0.751. The third-order valence-electron chi connectivity index (χ3n) is 3.24. The minimum absolute atomic E-state index is 0.365. The summed E-state index contributed by atoms with van der Waals surface area (Å²) < 4.78 is 19.7. The van der Waals surface area contributed by atoms with Crippen LogP contribution < -0.4 is 4.74 Å². The van der Waals surface area contributed by atoms with Gasteiger partial charge in [-0.1, -0.05) is 18.2 Å². The second kappa shape index (κ2) is 5.92. The van der Waals surface area contributed by atoms with E-state index in [-0.39, 0.29) is 0 Å². The molecule has 1 saturated heterocycles. The van der Waals surface area contributed by atoms with Gasteiger partial charge in [0.1, 0.15) is 18.4 Å². The van der Waals surface area contributed by atoms with Crippen LogP contribution in [0.5, 0.6) is 5.75 Å². The average molecular weight is 299 g/mol. The van der Waals surface area contributed by atoms with Gasteiger partial charge >= 0.3 is 6.16 Å². The number of methoxy groups -OCH3 is 1. The molecule has 0 aliphatic carbocycles. The van der Waals surface area contributed by atoms with Crippen LogP contribution in [0, 0.1) is 11.3 Å². The Morgan fingerprint density at radius 3 is 2.73 bits per heavy atom. The monoisotopic (exact) mass is 299 g/mol. The Labute approximate surface area is 126 Å². The standard InChI is InChI=1S/C16H13NO5/c1-19-13-5-4-10-6-12(3-2-11(10)7-13)14(8-17)21-16(18)22-15-9-20-15/h2-7,14-15H,9H2,1H3. The van der Waals surface area contributed by atoms with Gasteiger partial charge in [-0.15, -0.1) is 0 Å². The van der Waals surface area contributed by atoms with Crippen molar-refractivity contribution in [3.63, 3.8) is 0 Å². The molecule has 22 heavy (non-hydrogen) atoms. The Morgan fingerprint density at radius 1 is 1.32 bits per heavy atom. The number of benzene rings is 2. The second-order valence-electron chi connectivity index (χ2n) is 4.73. The molecule has 0 aromatic heterocycles. The van der Waals surface area contributed by atoms with Gasteiger partial charge in [0, 0.05) is 5.56 Å². The number of nitriles is 1. The fraction of sp³-hybridized carbons (Fsp3) is 0.250. The third kappa shape index (κ3) is 3.10. The Balaban J connectivity index is 1.80. The van der Waals surface area contributed by atoms with Crippen molar-refractivity contribution >= 4 is 16.9 Å². The Kier molecular flexibility index (Phi) is 3.81. The summed E-state index contributed by atoms with van der Waals surface area (Å²) in [5, 5.41) is 11.1. The topological polar surface area (TPSA) is 81.1 Å². The van der Waals surface area contributed by atoms with Crippen LogP contribution in [0.4, 0.5) is 4.79 Å². The number of rotatable bonds is 4. The van der Waals surface area contributed by atoms with Crippen LogP contribution in [0.2, 0.25) is 0 Å². The highest BCUT2D eigenvalue weighted by molar-refractivity contribution is 5.84. The van der Waals surface area contributed by atoms with Crippen LogP contribution >= 0.6 is 0 Å². The Morgan fingerprint density at radius 2 is 2.05 bits per heavy atom. The summed E-state index contributed by atoms with van der Waals surface area (Å²) in [4.78, 5) is 11.5. The molecule has 0 bridgehead atoms. The Bertz CT molecular complexity index is 748. The first-order chi connectivity index (χ1) is 10.7. The summed E-state index contributed by atoms with van der Waals surface area (Å²) in [6, 6.07) is 12.9. The van der Waals surface area contributed by atoms with Crippen molar-refractivity contribution in [3.8, 4) is 11.8 Å². The van der Waals surface area contributed by atoms with Gasteiger partial charge in [-0.05, 0) is 29.0 Å². The molecule has 1 aliphatic rings. The molecule has 0 spiro atoms. The molecule has 1 heterocycles. The van der Waals surface area contributed by atoms with E-state index in [9.17, 15) is 10.1 Å². The summed E-state index contributed by atoms with van der Waals surface area (Å²) >= 11 is 0. The van der Waals surface area contributed by atoms with E-state index in [2.05, 4.69) is 0 Å². The van der Waals surface area contributed by atoms with Gasteiger partial charge in [-0.2, -0.15) is 5.26 Å². The van der Waals surface area contributed by atoms with Crippen molar-refractivity contribution < 1.29 is 23.7 Å². The highest BCUT2D eigenvalue weighted by Crippen LogP contribution is 2.26. The maximum Gasteiger partial charge on any atom is 0.512 e. The van der Waals surface area contributed by atoms with Crippen molar-refractivity contribution in [3.05, 3.63) is 42.0 Å². The first-order valence-corrected chi connectivity index (χ1v) is 6.66. The smallest absolute Gasteiger partial charge is 0.497 e. The molecule has 0 radical (unpaired) electrons. The minimum Gasteiger partial charge on any atom is -0.497 e. The van der Waals surface area contributed by atoms with Gasteiger partial charge in [0.25, 0.3) is 0 Å². The maximum absolute atomic E-state index is 11.5. The minimum atomic E-state index is -1.03. The van der Waals surface area contributed by atoms with Gasteiger partial charge in [0.05, 0.1) is 7.11 Å². The first-order valence-electron chi connectivity index (χ1n) is 6.66. The quantitative estimate of drug-likeness (QED) is 0.637. The van der Waals surface area contributed by atoms with Gasteiger partial charge < -0.3 is 18.9 Å². The number of hydrogen-bond donors (Lipinski definition) is 0. The first kappa shape index (κ1) is 14.2. The van der Waals surface area contributed by atoms with Gasteiger partial charge in [0.2, 0.25) is 12.4 Å². The molecular formula is C16H13NO5. The molecule has 2 unspecified atom stereocenters. The van der Waals surface area contributed by atoms with Crippen molar-refractivity contribution in [2.45, 2.75) is 12.4 Å². The van der Waals surface area contributed by atoms with Gasteiger partial charge in [-0.25, -0.2) is 4.79 Å². The van der Waals surface area contributed by atoms with E-state index >= 15 is 0 Å². The fourth-order valence-electron chi connectivity index (χ4n) is 2.04. The maximum atomic E-state index is 11.5.